The third-order valence-corrected chi connectivity index (χ3v) is 10.9. The van der Waals surface area contributed by atoms with E-state index < -0.39 is 0 Å². The lowest BCUT2D eigenvalue weighted by Gasteiger charge is -2.11. The van der Waals surface area contributed by atoms with E-state index in [-0.39, 0.29) is 0 Å². The van der Waals surface area contributed by atoms with Crippen molar-refractivity contribution in [1.82, 2.24) is 9.97 Å². The van der Waals surface area contributed by atoms with E-state index in [1.54, 1.807) is 0 Å². The molecule has 49 heavy (non-hydrogen) atoms. The van der Waals surface area contributed by atoms with Gasteiger partial charge < -0.3 is 0 Å². The standard InChI is InChI=1S/C46H28N2S/c1-3-16-39-36(13-1)37-14-2-4-17-40(37)46-45(39)47-28-42(48-46)35-12-8-11-33(26-35)32-10-7-9-31(25-32)29-19-21-30(22-20-29)34-23-24-44-41(27-34)38-15-5-6-18-43(38)49-44/h1-28H. The first-order chi connectivity index (χ1) is 24.3. The Morgan fingerprint density at radius 3 is 1.51 bits per heavy atom. The fourth-order valence-corrected chi connectivity index (χ4v) is 8.35. The topological polar surface area (TPSA) is 25.8 Å². The summed E-state index contributed by atoms with van der Waals surface area (Å²) in [5.74, 6) is 0. The molecule has 2 nitrogen and oxygen atoms in total. The molecule has 0 saturated carbocycles. The minimum absolute atomic E-state index is 0.871. The van der Waals surface area contributed by atoms with Crippen molar-refractivity contribution in [2.24, 2.45) is 0 Å². The largest absolute Gasteiger partial charge is 0.252 e. The second kappa shape index (κ2) is 11.2. The lowest BCUT2D eigenvalue weighted by Crippen LogP contribution is -1.92. The average Bonchev–Trinajstić information content (AvgIpc) is 3.56. The summed E-state index contributed by atoms with van der Waals surface area (Å²) in [7, 11) is 0. The Morgan fingerprint density at radius 1 is 0.327 bits per heavy atom. The summed E-state index contributed by atoms with van der Waals surface area (Å²) in [5.41, 5.74) is 11.0. The van der Waals surface area contributed by atoms with Gasteiger partial charge in [0.05, 0.1) is 22.9 Å². The Hall–Kier alpha value is -6.16. The molecule has 10 aromatic rings. The Labute approximate surface area is 287 Å². The molecule has 0 amide bonds. The number of hydrogen-bond donors (Lipinski definition) is 0. The zero-order valence-corrected chi connectivity index (χ0v) is 27.3. The molecular formula is C46H28N2S. The number of rotatable bonds is 4. The molecule has 0 saturated heterocycles. The van der Waals surface area contributed by atoms with Gasteiger partial charge in [-0.15, -0.1) is 11.3 Å². The fourth-order valence-electron chi connectivity index (χ4n) is 7.26. The lowest BCUT2D eigenvalue weighted by molar-refractivity contribution is 1.31. The maximum Gasteiger partial charge on any atom is 0.0979 e. The Balaban J connectivity index is 0.987. The summed E-state index contributed by atoms with van der Waals surface area (Å²) in [6.07, 6.45) is 1.92. The van der Waals surface area contributed by atoms with Gasteiger partial charge in [0.2, 0.25) is 0 Å². The van der Waals surface area contributed by atoms with Crippen LogP contribution in [0.25, 0.3) is 97.4 Å². The summed E-state index contributed by atoms with van der Waals surface area (Å²) in [6.45, 7) is 0. The molecule has 0 atom stereocenters. The van der Waals surface area contributed by atoms with Crippen LogP contribution in [0, 0.1) is 0 Å². The molecule has 0 fully saturated rings. The molecule has 0 bridgehead atoms. The van der Waals surface area contributed by atoms with Crippen LogP contribution in [0.15, 0.2) is 170 Å². The Bertz CT molecular complexity index is 2850. The van der Waals surface area contributed by atoms with Crippen LogP contribution in [0.2, 0.25) is 0 Å². The van der Waals surface area contributed by atoms with Crippen molar-refractivity contribution in [3.63, 3.8) is 0 Å². The predicted molar refractivity (Wildman–Crippen MR) is 209 cm³/mol. The quantitative estimate of drug-likeness (QED) is 0.179. The Morgan fingerprint density at radius 2 is 0.816 bits per heavy atom. The molecular weight excluding hydrogens is 613 g/mol. The maximum absolute atomic E-state index is 5.22. The van der Waals surface area contributed by atoms with Gasteiger partial charge in [-0.2, -0.15) is 0 Å². The van der Waals surface area contributed by atoms with Crippen molar-refractivity contribution in [1.29, 1.82) is 0 Å². The van der Waals surface area contributed by atoms with Gasteiger partial charge in [0.15, 0.2) is 0 Å². The first kappa shape index (κ1) is 27.9. The van der Waals surface area contributed by atoms with E-state index in [0.717, 1.165) is 38.6 Å². The summed E-state index contributed by atoms with van der Waals surface area (Å²) >= 11 is 1.86. The third-order valence-electron chi connectivity index (χ3n) is 9.71. The first-order valence-corrected chi connectivity index (χ1v) is 17.4. The average molecular weight is 641 g/mol. The number of fused-ring (bicyclic) bond motifs is 9. The van der Waals surface area contributed by atoms with E-state index in [2.05, 4.69) is 164 Å². The van der Waals surface area contributed by atoms with Gasteiger partial charge in [-0.05, 0) is 74.5 Å². The predicted octanol–water partition coefficient (Wildman–Crippen LogP) is 13.0. The molecule has 2 heterocycles. The highest BCUT2D eigenvalue weighted by atomic mass is 32.1. The van der Waals surface area contributed by atoms with Crippen LogP contribution in [0.3, 0.4) is 0 Å². The third kappa shape index (κ3) is 4.70. The number of hydrogen-bond acceptors (Lipinski definition) is 3. The lowest BCUT2D eigenvalue weighted by atomic mass is 9.96. The minimum Gasteiger partial charge on any atom is -0.252 e. The molecule has 0 aliphatic carbocycles. The van der Waals surface area contributed by atoms with Gasteiger partial charge in [-0.1, -0.05) is 133 Å². The van der Waals surface area contributed by atoms with Crippen LogP contribution in [-0.2, 0) is 0 Å². The van der Waals surface area contributed by atoms with Crippen LogP contribution < -0.4 is 0 Å². The summed E-state index contributed by atoms with van der Waals surface area (Å²) < 4.78 is 2.67. The van der Waals surface area contributed by atoms with E-state index in [0.29, 0.717) is 0 Å². The van der Waals surface area contributed by atoms with Gasteiger partial charge >= 0.3 is 0 Å². The monoisotopic (exact) mass is 640 g/mol. The Kier molecular flexibility index (Phi) is 6.39. The number of thiophene rings is 1. The summed E-state index contributed by atoms with van der Waals surface area (Å²) in [6, 6.07) is 58.9. The van der Waals surface area contributed by atoms with Crippen molar-refractivity contribution < 1.29 is 0 Å². The smallest absolute Gasteiger partial charge is 0.0979 e. The SMILES string of the molecule is c1cc(-c2ccc(-c3ccc4sc5ccccc5c4c3)cc2)cc(-c2cccc(-c3cnc4c5ccccc5c5ccccc5c4n3)c2)c1. The van der Waals surface area contributed by atoms with Crippen LogP contribution in [0.4, 0.5) is 0 Å². The van der Waals surface area contributed by atoms with E-state index in [4.69, 9.17) is 9.97 Å². The van der Waals surface area contributed by atoms with Crippen LogP contribution in [0.1, 0.15) is 0 Å². The first-order valence-electron chi connectivity index (χ1n) is 16.6. The molecule has 0 aliphatic heterocycles. The zero-order valence-electron chi connectivity index (χ0n) is 26.5. The molecule has 0 unspecified atom stereocenters. The van der Waals surface area contributed by atoms with E-state index in [1.807, 2.05) is 17.5 Å². The maximum atomic E-state index is 5.22. The molecule has 3 heteroatoms. The molecule has 10 rings (SSSR count). The molecule has 0 spiro atoms. The number of nitrogens with zero attached hydrogens (tertiary/aromatic N) is 2. The second-order valence-corrected chi connectivity index (χ2v) is 13.7. The van der Waals surface area contributed by atoms with Gasteiger partial charge in [0.1, 0.15) is 0 Å². The molecule has 2 aromatic heterocycles. The summed E-state index contributed by atoms with van der Waals surface area (Å²) in [4.78, 5) is 10.2. The van der Waals surface area contributed by atoms with Crippen molar-refractivity contribution in [3.05, 3.63) is 170 Å². The van der Waals surface area contributed by atoms with Gasteiger partial charge in [0, 0.05) is 36.5 Å². The summed E-state index contributed by atoms with van der Waals surface area (Å²) in [5, 5.41) is 7.32. The van der Waals surface area contributed by atoms with Crippen molar-refractivity contribution in [2.45, 2.75) is 0 Å². The van der Waals surface area contributed by atoms with Gasteiger partial charge in [-0.25, -0.2) is 4.98 Å². The number of benzene rings is 8. The van der Waals surface area contributed by atoms with E-state index in [1.165, 1.54) is 58.8 Å². The van der Waals surface area contributed by atoms with E-state index in [9.17, 15) is 0 Å². The normalized spacial score (nSPS) is 11.7. The molecule has 8 aromatic carbocycles. The van der Waals surface area contributed by atoms with Crippen molar-refractivity contribution in [3.8, 4) is 44.6 Å². The van der Waals surface area contributed by atoms with Gasteiger partial charge in [0.25, 0.3) is 0 Å². The van der Waals surface area contributed by atoms with Crippen molar-refractivity contribution in [2.75, 3.05) is 0 Å². The zero-order chi connectivity index (χ0) is 32.3. The fraction of sp³-hybridized carbons (Fsp3) is 0. The second-order valence-electron chi connectivity index (χ2n) is 12.6. The van der Waals surface area contributed by atoms with Gasteiger partial charge in [-0.3, -0.25) is 4.98 Å². The molecule has 0 radical (unpaired) electrons. The van der Waals surface area contributed by atoms with Crippen molar-refractivity contribution >= 4 is 64.1 Å². The van der Waals surface area contributed by atoms with Crippen LogP contribution in [-0.4, -0.2) is 9.97 Å². The highest BCUT2D eigenvalue weighted by Crippen LogP contribution is 2.38. The molecule has 0 N–H and O–H groups in total. The van der Waals surface area contributed by atoms with Crippen LogP contribution >= 0.6 is 11.3 Å². The highest BCUT2D eigenvalue weighted by Gasteiger charge is 2.13. The highest BCUT2D eigenvalue weighted by molar-refractivity contribution is 7.25. The molecule has 228 valence electrons. The van der Waals surface area contributed by atoms with E-state index >= 15 is 0 Å². The van der Waals surface area contributed by atoms with Crippen LogP contribution in [0.5, 0.6) is 0 Å². The minimum atomic E-state index is 0.871. The molecule has 0 aliphatic rings. The number of aromatic nitrogens is 2.